The summed E-state index contributed by atoms with van der Waals surface area (Å²) in [4.78, 5) is 14.0. The lowest BCUT2D eigenvalue weighted by molar-refractivity contribution is 0.0603. The summed E-state index contributed by atoms with van der Waals surface area (Å²) in [6.45, 7) is 4.29. The molecule has 0 saturated carbocycles. The second-order valence-electron chi connectivity index (χ2n) is 5.04. The summed E-state index contributed by atoms with van der Waals surface area (Å²) in [5.74, 6) is 0.307. The molecule has 2 atom stereocenters. The van der Waals surface area contributed by atoms with Gasteiger partial charge in [-0.2, -0.15) is 4.37 Å². The maximum absolute atomic E-state index is 11.7. The number of nitrogens with one attached hydrogen (secondary N) is 1. The number of esters is 1. The van der Waals surface area contributed by atoms with Gasteiger partial charge in [0.15, 0.2) is 5.82 Å². The average Bonchev–Trinajstić information content (AvgIpc) is 2.73. The summed E-state index contributed by atoms with van der Waals surface area (Å²) < 4.78 is 8.79. The summed E-state index contributed by atoms with van der Waals surface area (Å²) in [6, 6.07) is 0.333. The first-order valence-electron chi connectivity index (χ1n) is 6.31. The van der Waals surface area contributed by atoms with Crippen LogP contribution in [0.25, 0.3) is 0 Å². The zero-order chi connectivity index (χ0) is 14.0. The van der Waals surface area contributed by atoms with Crippen molar-refractivity contribution in [3.8, 4) is 0 Å². The molecule has 2 rings (SSSR count). The van der Waals surface area contributed by atoms with Crippen LogP contribution >= 0.6 is 11.5 Å². The Kier molecular flexibility index (Phi) is 4.26. The van der Waals surface area contributed by atoms with E-state index in [-0.39, 0.29) is 5.82 Å². The lowest BCUT2D eigenvalue weighted by atomic mass is 9.94. The molecule has 7 heteroatoms. The third-order valence-electron chi connectivity index (χ3n) is 3.53. The predicted octanol–water partition coefficient (Wildman–Crippen LogP) is 1.26. The van der Waals surface area contributed by atoms with Crippen molar-refractivity contribution < 1.29 is 9.53 Å². The molecule has 2 heterocycles. The predicted molar refractivity (Wildman–Crippen MR) is 76.6 cm³/mol. The van der Waals surface area contributed by atoms with Crippen molar-refractivity contribution in [1.82, 2.24) is 9.27 Å². The Morgan fingerprint density at radius 3 is 3.00 bits per heavy atom. The van der Waals surface area contributed by atoms with Gasteiger partial charge < -0.3 is 20.7 Å². The Hall–Kier alpha value is -1.34. The highest BCUT2D eigenvalue weighted by atomic mass is 32.1. The van der Waals surface area contributed by atoms with Gasteiger partial charge in [-0.15, -0.1) is 0 Å². The smallest absolute Gasteiger partial charge is 0.344 e. The molecule has 19 heavy (non-hydrogen) atoms. The molecule has 3 N–H and O–H groups in total. The number of carbonyl (C=O) groups is 1. The minimum atomic E-state index is -0.436. The number of rotatable bonds is 3. The fraction of sp³-hybridized carbons (Fsp3) is 0.667. The number of aromatic nitrogens is 1. The Balaban J connectivity index is 2.13. The van der Waals surface area contributed by atoms with Gasteiger partial charge in [0.05, 0.1) is 7.11 Å². The van der Waals surface area contributed by atoms with Crippen molar-refractivity contribution >= 4 is 28.3 Å². The molecule has 0 aromatic carbocycles. The lowest BCUT2D eigenvalue weighted by Gasteiger charge is -2.35. The number of methoxy groups -OCH3 is 1. The van der Waals surface area contributed by atoms with E-state index in [1.165, 1.54) is 18.6 Å². The van der Waals surface area contributed by atoms with Gasteiger partial charge >= 0.3 is 5.97 Å². The normalized spacial score (nSPS) is 24.2. The first kappa shape index (κ1) is 14.1. The number of nitrogens with zero attached hydrogens (tertiary/aromatic N) is 2. The van der Waals surface area contributed by atoms with Crippen LogP contribution in [0.5, 0.6) is 0 Å². The summed E-state index contributed by atoms with van der Waals surface area (Å²) in [5, 5.41) is 4.12. The molecule has 1 saturated heterocycles. The van der Waals surface area contributed by atoms with Crippen molar-refractivity contribution in [3.63, 3.8) is 0 Å². The SMILES string of the molecule is COC(=O)c1c(N)nsc1NC1CCN(C)CC1C. The van der Waals surface area contributed by atoms with Crippen molar-refractivity contribution in [2.24, 2.45) is 5.92 Å². The summed E-state index contributed by atoms with van der Waals surface area (Å²) >= 11 is 1.22. The molecule has 6 nitrogen and oxygen atoms in total. The van der Waals surface area contributed by atoms with E-state index in [2.05, 4.69) is 28.6 Å². The molecule has 1 aliphatic rings. The third-order valence-corrected chi connectivity index (χ3v) is 4.33. The van der Waals surface area contributed by atoms with Crippen LogP contribution in [-0.2, 0) is 4.74 Å². The van der Waals surface area contributed by atoms with E-state index < -0.39 is 5.97 Å². The number of ether oxygens (including phenoxy) is 1. The van der Waals surface area contributed by atoms with Gasteiger partial charge in [-0.1, -0.05) is 6.92 Å². The van der Waals surface area contributed by atoms with Gasteiger partial charge in [0, 0.05) is 12.6 Å². The molecule has 1 fully saturated rings. The van der Waals surface area contributed by atoms with Crippen LogP contribution < -0.4 is 11.1 Å². The Morgan fingerprint density at radius 1 is 1.63 bits per heavy atom. The number of hydrogen-bond donors (Lipinski definition) is 2. The minimum Gasteiger partial charge on any atom is -0.465 e. The summed E-state index contributed by atoms with van der Waals surface area (Å²) in [5.41, 5.74) is 6.09. The number of nitrogen functional groups attached to an aromatic ring is 1. The zero-order valence-corrected chi connectivity index (χ0v) is 12.3. The van der Waals surface area contributed by atoms with E-state index in [1.807, 2.05) is 0 Å². The number of likely N-dealkylation sites (tertiary alicyclic amines) is 1. The van der Waals surface area contributed by atoms with Crippen LogP contribution in [0.15, 0.2) is 0 Å². The number of anilines is 2. The van der Waals surface area contributed by atoms with Gasteiger partial charge in [-0.25, -0.2) is 4.79 Å². The van der Waals surface area contributed by atoms with E-state index in [0.29, 0.717) is 22.5 Å². The fourth-order valence-electron chi connectivity index (χ4n) is 2.44. The Morgan fingerprint density at radius 2 is 2.37 bits per heavy atom. The number of nitrogens with two attached hydrogens (primary N) is 1. The molecule has 1 aliphatic heterocycles. The third kappa shape index (κ3) is 2.98. The van der Waals surface area contributed by atoms with E-state index in [4.69, 9.17) is 10.5 Å². The first-order valence-corrected chi connectivity index (χ1v) is 7.08. The molecule has 2 unspecified atom stereocenters. The van der Waals surface area contributed by atoms with Crippen molar-refractivity contribution in [2.45, 2.75) is 19.4 Å². The summed E-state index contributed by atoms with van der Waals surface area (Å²) in [6.07, 6.45) is 1.04. The maximum atomic E-state index is 11.7. The average molecular weight is 284 g/mol. The molecular weight excluding hydrogens is 264 g/mol. The van der Waals surface area contributed by atoms with Crippen LogP contribution in [0, 0.1) is 5.92 Å². The monoisotopic (exact) mass is 284 g/mol. The second-order valence-corrected chi connectivity index (χ2v) is 5.82. The van der Waals surface area contributed by atoms with E-state index in [1.54, 1.807) is 0 Å². The van der Waals surface area contributed by atoms with Crippen LogP contribution in [-0.4, -0.2) is 48.5 Å². The second kappa shape index (κ2) is 5.75. The molecular formula is C12H20N4O2S. The molecule has 1 aromatic heterocycles. The zero-order valence-electron chi connectivity index (χ0n) is 11.5. The molecule has 0 aliphatic carbocycles. The molecule has 0 amide bonds. The number of hydrogen-bond acceptors (Lipinski definition) is 7. The van der Waals surface area contributed by atoms with E-state index >= 15 is 0 Å². The van der Waals surface area contributed by atoms with Crippen LogP contribution in [0.4, 0.5) is 10.8 Å². The van der Waals surface area contributed by atoms with Gasteiger partial charge in [-0.05, 0) is 37.5 Å². The van der Waals surface area contributed by atoms with Gasteiger partial charge in [0.25, 0.3) is 0 Å². The molecule has 106 valence electrons. The van der Waals surface area contributed by atoms with E-state index in [0.717, 1.165) is 19.5 Å². The van der Waals surface area contributed by atoms with Crippen LogP contribution in [0.1, 0.15) is 23.7 Å². The quantitative estimate of drug-likeness (QED) is 0.814. The molecule has 0 bridgehead atoms. The number of carbonyl (C=O) groups excluding carboxylic acids is 1. The van der Waals surface area contributed by atoms with Crippen molar-refractivity contribution in [3.05, 3.63) is 5.56 Å². The highest BCUT2D eigenvalue weighted by Gasteiger charge is 2.27. The van der Waals surface area contributed by atoms with E-state index in [9.17, 15) is 4.79 Å². The van der Waals surface area contributed by atoms with Gasteiger partial charge in [-0.3, -0.25) is 0 Å². The topological polar surface area (TPSA) is 80.5 Å². The van der Waals surface area contributed by atoms with Gasteiger partial charge in [0.2, 0.25) is 0 Å². The molecule has 0 spiro atoms. The van der Waals surface area contributed by atoms with Crippen LogP contribution in [0.3, 0.4) is 0 Å². The number of piperidine rings is 1. The lowest BCUT2D eigenvalue weighted by Crippen LogP contribution is -2.43. The molecule has 1 aromatic rings. The van der Waals surface area contributed by atoms with Crippen LogP contribution in [0.2, 0.25) is 0 Å². The minimum absolute atomic E-state index is 0.236. The fourth-order valence-corrected chi connectivity index (χ4v) is 3.20. The highest BCUT2D eigenvalue weighted by molar-refractivity contribution is 7.11. The molecule has 0 radical (unpaired) electrons. The maximum Gasteiger partial charge on any atom is 0.344 e. The Labute approximate surface area is 117 Å². The van der Waals surface area contributed by atoms with Gasteiger partial charge in [0.1, 0.15) is 10.6 Å². The highest BCUT2D eigenvalue weighted by Crippen LogP contribution is 2.30. The first-order chi connectivity index (χ1) is 9.02. The standard InChI is InChI=1S/C12H20N4O2S/c1-7-6-16(2)5-4-8(7)14-11-9(12(17)18-3)10(13)15-19-11/h7-8,14H,4-6H2,1-3H3,(H2,13,15). The summed E-state index contributed by atoms with van der Waals surface area (Å²) in [7, 11) is 3.47. The Bertz CT molecular complexity index is 463. The van der Waals surface area contributed by atoms with Crippen molar-refractivity contribution in [2.75, 3.05) is 38.3 Å². The van der Waals surface area contributed by atoms with Crippen molar-refractivity contribution in [1.29, 1.82) is 0 Å². The largest absolute Gasteiger partial charge is 0.465 e.